The van der Waals surface area contributed by atoms with Crippen molar-refractivity contribution in [3.63, 3.8) is 0 Å². The number of aromatic nitrogens is 2. The number of benzene rings is 2. The molecule has 0 bridgehead atoms. The number of para-hydroxylation sites is 2. The fourth-order valence-corrected chi connectivity index (χ4v) is 3.54. The third kappa shape index (κ3) is 4.39. The normalized spacial score (nSPS) is 14.0. The average Bonchev–Trinajstić information content (AvgIpc) is 2.78. The van der Waals surface area contributed by atoms with Crippen LogP contribution >= 0.6 is 0 Å². The van der Waals surface area contributed by atoms with Crippen molar-refractivity contribution in [2.45, 2.75) is 6.54 Å². The van der Waals surface area contributed by atoms with E-state index in [1.807, 2.05) is 42.5 Å². The van der Waals surface area contributed by atoms with E-state index in [4.69, 9.17) is 4.74 Å². The molecule has 3 aromatic rings. The van der Waals surface area contributed by atoms with Crippen molar-refractivity contribution < 1.29 is 9.13 Å². The molecule has 0 saturated carbocycles. The Balaban J connectivity index is 1.39. The number of nitrogens with zero attached hydrogens (tertiary/aromatic N) is 4. The van der Waals surface area contributed by atoms with Gasteiger partial charge in [0.05, 0.1) is 12.8 Å². The molecule has 0 radical (unpaired) electrons. The topological polar surface area (TPSA) is 53.5 Å². The smallest absolute Gasteiger partial charge is 0.146 e. The molecule has 2 heterocycles. The lowest BCUT2D eigenvalue weighted by atomic mass is 10.2. The van der Waals surface area contributed by atoms with Crippen molar-refractivity contribution in [2.24, 2.45) is 0 Å². The molecule has 0 aliphatic carbocycles. The van der Waals surface area contributed by atoms with Crippen LogP contribution in [0.4, 0.5) is 21.7 Å². The SMILES string of the molecule is COc1ccccc1CNc1cc(N2CCN(c3ccccc3F)CC2)ncn1. The van der Waals surface area contributed by atoms with E-state index in [9.17, 15) is 4.39 Å². The van der Waals surface area contributed by atoms with Crippen LogP contribution in [0.2, 0.25) is 0 Å². The zero-order valence-electron chi connectivity index (χ0n) is 16.4. The van der Waals surface area contributed by atoms with E-state index in [0.29, 0.717) is 12.2 Å². The highest BCUT2D eigenvalue weighted by molar-refractivity contribution is 5.53. The van der Waals surface area contributed by atoms with Crippen LogP contribution in [0.5, 0.6) is 5.75 Å². The largest absolute Gasteiger partial charge is 0.496 e. The number of halogens is 1. The molecule has 29 heavy (non-hydrogen) atoms. The molecule has 1 aliphatic heterocycles. The summed E-state index contributed by atoms with van der Waals surface area (Å²) in [5, 5.41) is 3.34. The molecule has 4 rings (SSSR count). The fourth-order valence-electron chi connectivity index (χ4n) is 3.54. The second kappa shape index (κ2) is 8.77. The van der Waals surface area contributed by atoms with Gasteiger partial charge in [0, 0.05) is 44.4 Å². The molecule has 0 atom stereocenters. The van der Waals surface area contributed by atoms with Crippen molar-refractivity contribution >= 4 is 17.3 Å². The Morgan fingerprint density at radius 2 is 1.69 bits per heavy atom. The van der Waals surface area contributed by atoms with E-state index in [1.165, 1.54) is 6.07 Å². The Morgan fingerprint density at radius 1 is 0.966 bits per heavy atom. The van der Waals surface area contributed by atoms with Crippen molar-refractivity contribution in [3.05, 3.63) is 72.3 Å². The predicted molar refractivity (Wildman–Crippen MR) is 113 cm³/mol. The van der Waals surface area contributed by atoms with Crippen molar-refractivity contribution in [1.82, 2.24) is 9.97 Å². The van der Waals surface area contributed by atoms with E-state index < -0.39 is 0 Å². The Labute approximate surface area is 170 Å². The third-order valence-electron chi connectivity index (χ3n) is 5.10. The van der Waals surface area contributed by atoms with Crippen LogP contribution in [0.1, 0.15) is 5.56 Å². The van der Waals surface area contributed by atoms with E-state index >= 15 is 0 Å². The summed E-state index contributed by atoms with van der Waals surface area (Å²) in [5.74, 6) is 2.30. The number of methoxy groups -OCH3 is 1. The van der Waals surface area contributed by atoms with Gasteiger partial charge < -0.3 is 19.9 Å². The minimum atomic E-state index is -0.175. The first-order valence-electron chi connectivity index (χ1n) is 9.67. The summed E-state index contributed by atoms with van der Waals surface area (Å²) in [4.78, 5) is 13.0. The molecule has 1 fully saturated rings. The number of hydrogen-bond donors (Lipinski definition) is 1. The van der Waals surface area contributed by atoms with Gasteiger partial charge in [-0.05, 0) is 18.2 Å². The highest BCUT2D eigenvalue weighted by Gasteiger charge is 2.20. The van der Waals surface area contributed by atoms with E-state index in [1.54, 1.807) is 19.5 Å². The predicted octanol–water partition coefficient (Wildman–Crippen LogP) is 3.56. The summed E-state index contributed by atoms with van der Waals surface area (Å²) in [6.07, 6.45) is 1.57. The lowest BCUT2D eigenvalue weighted by Crippen LogP contribution is -2.47. The van der Waals surface area contributed by atoms with Crippen LogP contribution < -0.4 is 19.9 Å². The van der Waals surface area contributed by atoms with Gasteiger partial charge in [-0.25, -0.2) is 14.4 Å². The molecule has 7 heteroatoms. The maximum atomic E-state index is 14.0. The van der Waals surface area contributed by atoms with Gasteiger partial charge in [0.15, 0.2) is 0 Å². The molecule has 2 aromatic carbocycles. The second-order valence-corrected chi connectivity index (χ2v) is 6.85. The van der Waals surface area contributed by atoms with Gasteiger partial charge in [-0.3, -0.25) is 0 Å². The molecule has 1 N–H and O–H groups in total. The summed E-state index contributed by atoms with van der Waals surface area (Å²) in [6.45, 7) is 3.65. The van der Waals surface area contributed by atoms with Gasteiger partial charge >= 0.3 is 0 Å². The van der Waals surface area contributed by atoms with Gasteiger partial charge in [0.25, 0.3) is 0 Å². The van der Waals surface area contributed by atoms with Crippen LogP contribution in [-0.2, 0) is 6.54 Å². The molecule has 1 saturated heterocycles. The number of nitrogens with one attached hydrogen (secondary N) is 1. The number of hydrogen-bond acceptors (Lipinski definition) is 6. The third-order valence-corrected chi connectivity index (χ3v) is 5.10. The van der Waals surface area contributed by atoms with Crippen molar-refractivity contribution in [2.75, 3.05) is 48.4 Å². The summed E-state index contributed by atoms with van der Waals surface area (Å²) in [6, 6.07) is 16.8. The molecule has 6 nitrogen and oxygen atoms in total. The summed E-state index contributed by atoms with van der Waals surface area (Å²) >= 11 is 0. The molecule has 150 valence electrons. The van der Waals surface area contributed by atoms with Gasteiger partial charge in [0.1, 0.15) is 29.5 Å². The summed E-state index contributed by atoms with van der Waals surface area (Å²) in [5.41, 5.74) is 1.72. The number of ether oxygens (including phenoxy) is 1. The molecule has 0 unspecified atom stereocenters. The number of anilines is 3. The molecule has 1 aromatic heterocycles. The van der Waals surface area contributed by atoms with E-state index in [2.05, 4.69) is 25.1 Å². The molecule has 0 amide bonds. The highest BCUT2D eigenvalue weighted by Crippen LogP contribution is 2.23. The van der Waals surface area contributed by atoms with Gasteiger partial charge in [-0.2, -0.15) is 0 Å². The standard InChI is InChI=1S/C22H24FN5O/c1-29-20-9-5-2-6-17(20)15-24-21-14-22(26-16-25-21)28-12-10-27(11-13-28)19-8-4-3-7-18(19)23/h2-9,14,16H,10-13,15H2,1H3,(H,24,25,26). The highest BCUT2D eigenvalue weighted by atomic mass is 19.1. The minimum absolute atomic E-state index is 0.175. The van der Waals surface area contributed by atoms with Crippen molar-refractivity contribution in [3.8, 4) is 5.75 Å². The van der Waals surface area contributed by atoms with Crippen molar-refractivity contribution in [1.29, 1.82) is 0 Å². The Bertz CT molecular complexity index is 959. The van der Waals surface area contributed by atoms with Crippen LogP contribution in [0.15, 0.2) is 60.9 Å². The first-order valence-corrected chi connectivity index (χ1v) is 9.67. The first kappa shape index (κ1) is 19.0. The molecule has 0 spiro atoms. The molecule has 1 aliphatic rings. The average molecular weight is 393 g/mol. The van der Waals surface area contributed by atoms with Gasteiger partial charge in [-0.15, -0.1) is 0 Å². The maximum Gasteiger partial charge on any atom is 0.146 e. The van der Waals surface area contributed by atoms with Gasteiger partial charge in [-0.1, -0.05) is 30.3 Å². The quantitative estimate of drug-likeness (QED) is 0.691. The fraction of sp³-hybridized carbons (Fsp3) is 0.273. The van der Waals surface area contributed by atoms with E-state index in [-0.39, 0.29) is 5.82 Å². The van der Waals surface area contributed by atoms with Gasteiger partial charge in [0.2, 0.25) is 0 Å². The molecular weight excluding hydrogens is 369 g/mol. The zero-order valence-corrected chi connectivity index (χ0v) is 16.4. The van der Waals surface area contributed by atoms with E-state index in [0.717, 1.165) is 49.1 Å². The minimum Gasteiger partial charge on any atom is -0.496 e. The lowest BCUT2D eigenvalue weighted by molar-refractivity contribution is 0.410. The monoisotopic (exact) mass is 393 g/mol. The zero-order chi connectivity index (χ0) is 20.1. The summed E-state index contributed by atoms with van der Waals surface area (Å²) < 4.78 is 19.4. The lowest BCUT2D eigenvalue weighted by Gasteiger charge is -2.36. The number of rotatable bonds is 6. The van der Waals surface area contributed by atoms with Crippen LogP contribution in [0, 0.1) is 5.82 Å². The first-order chi connectivity index (χ1) is 14.2. The van der Waals surface area contributed by atoms with Crippen LogP contribution in [0.3, 0.4) is 0 Å². The van der Waals surface area contributed by atoms with Crippen LogP contribution in [-0.4, -0.2) is 43.3 Å². The Kier molecular flexibility index (Phi) is 5.74. The Hall–Kier alpha value is -3.35. The number of piperazine rings is 1. The molecular formula is C22H24FN5O. The second-order valence-electron chi connectivity index (χ2n) is 6.85. The summed E-state index contributed by atoms with van der Waals surface area (Å²) in [7, 11) is 1.67. The van der Waals surface area contributed by atoms with Crippen LogP contribution in [0.25, 0.3) is 0 Å². The maximum absolute atomic E-state index is 14.0. The Morgan fingerprint density at radius 3 is 2.48 bits per heavy atom.